The van der Waals surface area contributed by atoms with Crippen molar-refractivity contribution in [2.24, 2.45) is 0 Å². The molecule has 0 bridgehead atoms. The molecule has 55 heavy (non-hydrogen) atoms. The minimum Gasteiger partial charge on any atom is -0.461 e. The van der Waals surface area contributed by atoms with E-state index in [1.807, 2.05) is 51.6 Å². The number of rotatable bonds is 15. The van der Waals surface area contributed by atoms with Crippen LogP contribution in [0.4, 0.5) is 0 Å². The maximum absolute atomic E-state index is 12.1. The summed E-state index contributed by atoms with van der Waals surface area (Å²) in [5.41, 5.74) is 6.98. The van der Waals surface area contributed by atoms with Crippen LogP contribution in [-0.2, 0) is 39.0 Å². The lowest BCUT2D eigenvalue weighted by Gasteiger charge is -2.16. The van der Waals surface area contributed by atoms with Crippen LogP contribution in [0.15, 0.2) is 73.2 Å². The standard InChI is InChI=1S/C16H24N2O3Si.C14H22N2O2Si.C10H10N2O2/c1-5-21-16(19)15-11-13-14(7-6-8-17-13)18(15)12-20-9-10-22(2,3)4;1-19(2,3)8-7-18-11-16-12(10-17)9-13-14(16)5-4-6-15-13;1-2-14-10(13)9-6-8-7(12-9)4-3-5-11-8/h6-8,11H,5,9-10,12H2,1-4H3;4-6,9,17H,7-8,10-11H2,1-3H3;3-6,12H,2H2,1H3. The SMILES string of the molecule is CCOC(=O)c1cc2ncccc2[nH]1.CCOC(=O)c1cc2ncccc2n1COCC[Si](C)(C)C.C[Si](C)(C)CCOCn1c(CO)cc2ncccc21. The van der Waals surface area contributed by atoms with Crippen molar-refractivity contribution < 1.29 is 33.6 Å². The number of hydrogen-bond acceptors (Lipinski definition) is 10. The van der Waals surface area contributed by atoms with E-state index >= 15 is 0 Å². The van der Waals surface area contributed by atoms with Gasteiger partial charge in [-0.3, -0.25) is 15.0 Å². The van der Waals surface area contributed by atoms with Gasteiger partial charge in [0.05, 0.1) is 52.9 Å². The highest BCUT2D eigenvalue weighted by Gasteiger charge is 2.18. The number of aromatic nitrogens is 6. The molecule has 0 fully saturated rings. The molecular formula is C40H56N6O7Si2. The Morgan fingerprint density at radius 2 is 1.20 bits per heavy atom. The Hall–Kier alpha value is -4.68. The van der Waals surface area contributed by atoms with Gasteiger partial charge in [-0.15, -0.1) is 0 Å². The zero-order chi connectivity index (χ0) is 40.0. The highest BCUT2D eigenvalue weighted by molar-refractivity contribution is 6.76. The van der Waals surface area contributed by atoms with Gasteiger partial charge in [0.1, 0.15) is 24.8 Å². The van der Waals surface area contributed by atoms with Gasteiger partial charge in [-0.2, -0.15) is 0 Å². The van der Waals surface area contributed by atoms with E-state index in [-0.39, 0.29) is 18.5 Å². The van der Waals surface area contributed by atoms with Crippen LogP contribution in [0.25, 0.3) is 33.1 Å². The van der Waals surface area contributed by atoms with Crippen LogP contribution in [0, 0.1) is 0 Å². The largest absolute Gasteiger partial charge is 0.461 e. The highest BCUT2D eigenvalue weighted by Crippen LogP contribution is 2.20. The molecule has 0 radical (unpaired) electrons. The molecule has 0 aliphatic heterocycles. The lowest BCUT2D eigenvalue weighted by molar-refractivity contribution is 0.0476. The van der Waals surface area contributed by atoms with Gasteiger partial charge < -0.3 is 38.2 Å². The van der Waals surface area contributed by atoms with Gasteiger partial charge >= 0.3 is 11.9 Å². The van der Waals surface area contributed by atoms with Gasteiger partial charge in [-0.1, -0.05) is 39.3 Å². The number of aliphatic hydroxyl groups is 1. The summed E-state index contributed by atoms with van der Waals surface area (Å²) in [5, 5.41) is 9.41. The first-order valence-corrected chi connectivity index (χ1v) is 26.1. The molecule has 0 amide bonds. The van der Waals surface area contributed by atoms with E-state index in [0.29, 0.717) is 44.7 Å². The smallest absolute Gasteiger partial charge is 0.355 e. The van der Waals surface area contributed by atoms with Crippen molar-refractivity contribution in [1.82, 2.24) is 29.1 Å². The average molecular weight is 789 g/mol. The maximum Gasteiger partial charge on any atom is 0.355 e. The minimum absolute atomic E-state index is 0.00768. The number of carbonyl (C=O) groups excluding carboxylic acids is 2. The van der Waals surface area contributed by atoms with Crippen LogP contribution in [0.5, 0.6) is 0 Å². The fourth-order valence-electron chi connectivity index (χ4n) is 5.36. The van der Waals surface area contributed by atoms with Crippen LogP contribution in [0.1, 0.15) is 40.5 Å². The third-order valence-electron chi connectivity index (χ3n) is 8.39. The fourth-order valence-corrected chi connectivity index (χ4v) is 6.88. The molecule has 296 valence electrons. The number of aromatic amines is 1. The van der Waals surface area contributed by atoms with Crippen LogP contribution in [0.3, 0.4) is 0 Å². The summed E-state index contributed by atoms with van der Waals surface area (Å²) in [6.07, 6.45) is 5.17. The molecule has 0 saturated heterocycles. The molecule has 13 nitrogen and oxygen atoms in total. The van der Waals surface area contributed by atoms with E-state index in [4.69, 9.17) is 18.9 Å². The second kappa shape index (κ2) is 20.3. The van der Waals surface area contributed by atoms with E-state index in [1.54, 1.807) is 44.6 Å². The van der Waals surface area contributed by atoms with Crippen LogP contribution in [-0.4, -0.2) is 88.7 Å². The number of ether oxygens (including phenoxy) is 4. The molecule has 0 unspecified atom stereocenters. The maximum atomic E-state index is 12.1. The molecule has 0 aliphatic carbocycles. The molecular weight excluding hydrogens is 733 g/mol. The number of pyridine rings is 3. The lowest BCUT2D eigenvalue weighted by atomic mass is 10.4. The Balaban J connectivity index is 0.000000188. The van der Waals surface area contributed by atoms with Crippen LogP contribution >= 0.6 is 0 Å². The summed E-state index contributed by atoms with van der Waals surface area (Å²) in [5.74, 6) is -0.681. The van der Waals surface area contributed by atoms with Crippen molar-refractivity contribution in [1.29, 1.82) is 0 Å². The topological polar surface area (TPSA) is 156 Å². The molecule has 0 atom stereocenters. The number of esters is 2. The lowest BCUT2D eigenvalue weighted by Crippen LogP contribution is -2.22. The predicted molar refractivity (Wildman–Crippen MR) is 222 cm³/mol. The average Bonchev–Trinajstić information content (AvgIpc) is 3.85. The zero-order valence-electron chi connectivity index (χ0n) is 33.4. The first-order valence-electron chi connectivity index (χ1n) is 18.7. The first-order chi connectivity index (χ1) is 26.2. The molecule has 6 aromatic heterocycles. The second-order valence-electron chi connectivity index (χ2n) is 15.3. The van der Waals surface area contributed by atoms with E-state index in [2.05, 4.69) is 59.2 Å². The van der Waals surface area contributed by atoms with Gasteiger partial charge in [0, 0.05) is 53.6 Å². The van der Waals surface area contributed by atoms with Gasteiger partial charge in [0.15, 0.2) is 0 Å². The summed E-state index contributed by atoms with van der Waals surface area (Å²) in [7, 11) is -2.17. The Labute approximate surface area is 325 Å². The monoisotopic (exact) mass is 788 g/mol. The van der Waals surface area contributed by atoms with E-state index in [0.717, 1.165) is 57.5 Å². The zero-order valence-corrected chi connectivity index (χ0v) is 35.4. The molecule has 6 aromatic rings. The summed E-state index contributed by atoms with van der Waals surface area (Å²) in [4.78, 5) is 39.1. The van der Waals surface area contributed by atoms with Gasteiger partial charge in [-0.05, 0) is 80.5 Å². The molecule has 15 heteroatoms. The van der Waals surface area contributed by atoms with Gasteiger partial charge in [0.25, 0.3) is 0 Å². The van der Waals surface area contributed by atoms with Gasteiger partial charge in [0.2, 0.25) is 0 Å². The van der Waals surface area contributed by atoms with Crippen molar-refractivity contribution >= 4 is 61.2 Å². The Morgan fingerprint density at radius 1 is 0.691 bits per heavy atom. The number of carbonyl (C=O) groups is 2. The molecule has 6 heterocycles. The molecule has 0 spiro atoms. The Morgan fingerprint density at radius 3 is 1.75 bits per heavy atom. The van der Waals surface area contributed by atoms with Crippen LogP contribution in [0.2, 0.25) is 51.4 Å². The van der Waals surface area contributed by atoms with E-state index in [1.165, 1.54) is 0 Å². The summed E-state index contributed by atoms with van der Waals surface area (Å²) >= 11 is 0. The Bertz CT molecular complexity index is 2100. The molecule has 0 aliphatic rings. The number of H-pyrrole nitrogens is 1. The molecule has 0 saturated carbocycles. The third kappa shape index (κ3) is 13.0. The van der Waals surface area contributed by atoms with Crippen molar-refractivity contribution in [3.8, 4) is 0 Å². The molecule has 6 rings (SSSR count). The third-order valence-corrected chi connectivity index (χ3v) is 11.8. The first kappa shape index (κ1) is 43.1. The number of nitrogens with one attached hydrogen (secondary N) is 1. The van der Waals surface area contributed by atoms with Gasteiger partial charge in [-0.25, -0.2) is 9.59 Å². The van der Waals surface area contributed by atoms with Crippen molar-refractivity contribution in [3.05, 3.63) is 90.3 Å². The van der Waals surface area contributed by atoms with Crippen molar-refractivity contribution in [3.63, 3.8) is 0 Å². The normalized spacial score (nSPS) is 11.6. The number of hydrogen-bond donors (Lipinski definition) is 2. The number of nitrogens with zero attached hydrogens (tertiary/aromatic N) is 5. The quantitative estimate of drug-likeness (QED) is 0.0592. The highest BCUT2D eigenvalue weighted by atomic mass is 28.3. The van der Waals surface area contributed by atoms with Crippen molar-refractivity contribution in [2.45, 2.75) is 85.3 Å². The van der Waals surface area contributed by atoms with E-state index < -0.39 is 16.1 Å². The number of fused-ring (bicyclic) bond motifs is 3. The summed E-state index contributed by atoms with van der Waals surface area (Å²) < 4.78 is 25.4. The number of aliphatic hydroxyl groups excluding tert-OH is 1. The van der Waals surface area contributed by atoms with Crippen molar-refractivity contribution in [2.75, 3.05) is 26.4 Å². The van der Waals surface area contributed by atoms with Crippen LogP contribution < -0.4 is 0 Å². The van der Waals surface area contributed by atoms with E-state index in [9.17, 15) is 14.7 Å². The fraction of sp³-hybridized carbons (Fsp3) is 0.425. The summed E-state index contributed by atoms with van der Waals surface area (Å²) in [6, 6.07) is 19.0. The molecule has 0 aromatic carbocycles. The summed E-state index contributed by atoms with van der Waals surface area (Å²) in [6.45, 7) is 20.6. The minimum atomic E-state index is -1.12. The predicted octanol–water partition coefficient (Wildman–Crippen LogP) is 8.11. The second-order valence-corrected chi connectivity index (χ2v) is 26.5. The molecule has 2 N–H and O–H groups in total. The Kier molecular flexibility index (Phi) is 15.9.